The van der Waals surface area contributed by atoms with Crippen molar-refractivity contribution in [2.45, 2.75) is 35.8 Å². The Morgan fingerprint density at radius 3 is 2.61 bits per heavy atom. The summed E-state index contributed by atoms with van der Waals surface area (Å²) < 4.78 is 25.4. The minimum absolute atomic E-state index is 0.0539. The number of carbonyl (C=O) groups excluding carboxylic acids is 1. The van der Waals surface area contributed by atoms with Crippen molar-refractivity contribution in [3.63, 3.8) is 0 Å². The van der Waals surface area contributed by atoms with Crippen LogP contribution in [0.2, 0.25) is 0 Å². The molecule has 0 saturated heterocycles. The van der Waals surface area contributed by atoms with Gasteiger partial charge in [-0.25, -0.2) is 8.42 Å². The zero-order chi connectivity index (χ0) is 16.6. The van der Waals surface area contributed by atoms with E-state index in [0.717, 1.165) is 5.56 Å². The number of hydrogen-bond donors (Lipinski definition) is 0. The lowest BCUT2D eigenvalue weighted by Crippen LogP contribution is -2.40. The van der Waals surface area contributed by atoms with Crippen molar-refractivity contribution in [3.8, 4) is 0 Å². The Balaban J connectivity index is 2.02. The van der Waals surface area contributed by atoms with Crippen molar-refractivity contribution in [1.82, 2.24) is 4.90 Å². The summed E-state index contributed by atoms with van der Waals surface area (Å²) in [6.45, 7) is 4.20. The Morgan fingerprint density at radius 1 is 1.26 bits per heavy atom. The average Bonchev–Trinajstić information content (AvgIpc) is 3.04. The summed E-state index contributed by atoms with van der Waals surface area (Å²) in [6.07, 6.45) is 0.443. The number of carbonyl (C=O) groups is 1. The van der Waals surface area contributed by atoms with Crippen LogP contribution in [0.3, 0.4) is 0 Å². The van der Waals surface area contributed by atoms with Crippen molar-refractivity contribution < 1.29 is 13.2 Å². The number of fused-ring (bicyclic) bond motifs is 1. The molecule has 122 valence electrons. The Bertz CT molecular complexity index is 811. The highest BCUT2D eigenvalue weighted by Crippen LogP contribution is 2.42. The van der Waals surface area contributed by atoms with Crippen LogP contribution >= 0.6 is 11.3 Å². The third-order valence-corrected chi connectivity index (χ3v) is 8.07. The van der Waals surface area contributed by atoms with Gasteiger partial charge in [0.2, 0.25) is 0 Å². The molecule has 0 fully saturated rings. The SMILES string of the molecule is CCN(C(=O)c1ccccc1)[C@@H]1C[C@@H](C)S(=O)(=O)c2sccc21. The van der Waals surface area contributed by atoms with Gasteiger partial charge in [0.25, 0.3) is 5.91 Å². The highest BCUT2D eigenvalue weighted by Gasteiger charge is 2.40. The first-order valence-corrected chi connectivity index (χ1v) is 10.1. The second-order valence-corrected chi connectivity index (χ2v) is 9.21. The van der Waals surface area contributed by atoms with E-state index in [0.29, 0.717) is 22.7 Å². The first-order valence-electron chi connectivity index (χ1n) is 7.64. The molecule has 6 heteroatoms. The summed E-state index contributed by atoms with van der Waals surface area (Å²) in [5.41, 5.74) is 1.39. The number of amides is 1. The molecule has 4 nitrogen and oxygen atoms in total. The number of rotatable bonds is 3. The highest BCUT2D eigenvalue weighted by molar-refractivity contribution is 7.94. The molecule has 1 aromatic carbocycles. The van der Waals surface area contributed by atoms with Gasteiger partial charge in [-0.3, -0.25) is 4.79 Å². The Hall–Kier alpha value is -1.66. The highest BCUT2D eigenvalue weighted by atomic mass is 32.2. The van der Waals surface area contributed by atoms with E-state index >= 15 is 0 Å². The number of benzene rings is 1. The average molecular weight is 349 g/mol. The van der Waals surface area contributed by atoms with Gasteiger partial charge < -0.3 is 4.90 Å². The van der Waals surface area contributed by atoms with Crippen LogP contribution in [0.1, 0.15) is 42.2 Å². The molecule has 0 N–H and O–H groups in total. The lowest BCUT2D eigenvalue weighted by atomic mass is 10.0. The van der Waals surface area contributed by atoms with Gasteiger partial charge >= 0.3 is 0 Å². The van der Waals surface area contributed by atoms with E-state index in [1.165, 1.54) is 11.3 Å². The first-order chi connectivity index (χ1) is 11.0. The minimum atomic E-state index is -3.26. The van der Waals surface area contributed by atoms with Crippen LogP contribution < -0.4 is 0 Å². The van der Waals surface area contributed by atoms with Gasteiger partial charge in [0.1, 0.15) is 4.21 Å². The lowest BCUT2D eigenvalue weighted by Gasteiger charge is -2.36. The lowest BCUT2D eigenvalue weighted by molar-refractivity contribution is 0.0673. The molecule has 1 amide bonds. The van der Waals surface area contributed by atoms with E-state index in [1.54, 1.807) is 29.3 Å². The van der Waals surface area contributed by atoms with Crippen LogP contribution in [0.15, 0.2) is 46.0 Å². The van der Waals surface area contributed by atoms with E-state index in [2.05, 4.69) is 0 Å². The third-order valence-electron chi connectivity index (χ3n) is 4.36. The Labute approximate surface area is 140 Å². The fourth-order valence-corrected chi connectivity index (χ4v) is 6.29. The van der Waals surface area contributed by atoms with Crippen molar-refractivity contribution >= 4 is 27.1 Å². The molecule has 2 heterocycles. The first kappa shape index (κ1) is 16.2. The molecule has 2 aromatic rings. The van der Waals surface area contributed by atoms with Crippen LogP contribution in [0.5, 0.6) is 0 Å². The molecule has 0 spiro atoms. The van der Waals surface area contributed by atoms with Gasteiger partial charge in [-0.05, 0) is 43.8 Å². The molecule has 0 saturated carbocycles. The van der Waals surface area contributed by atoms with E-state index in [1.807, 2.05) is 31.2 Å². The predicted octanol–water partition coefficient (Wildman–Crippen LogP) is 3.52. The summed E-state index contributed by atoms with van der Waals surface area (Å²) in [4.78, 5) is 14.6. The van der Waals surface area contributed by atoms with Gasteiger partial charge in [-0.1, -0.05) is 18.2 Å². The van der Waals surface area contributed by atoms with Gasteiger partial charge in [-0.2, -0.15) is 0 Å². The standard InChI is InChI=1S/C17H19NO3S2/c1-3-18(16(19)13-7-5-4-6-8-13)15-11-12(2)23(20,21)17-14(15)9-10-22-17/h4-10,12,15H,3,11H2,1-2H3/t12-,15-/m1/s1. The fraction of sp³-hybridized carbons (Fsp3) is 0.353. The fourth-order valence-electron chi connectivity index (χ4n) is 3.08. The molecule has 1 aliphatic heterocycles. The number of nitrogens with zero attached hydrogens (tertiary/aromatic N) is 1. The largest absolute Gasteiger partial charge is 0.332 e. The quantitative estimate of drug-likeness (QED) is 0.852. The number of hydrogen-bond acceptors (Lipinski definition) is 4. The van der Waals surface area contributed by atoms with Crippen molar-refractivity contribution in [3.05, 3.63) is 52.9 Å². The van der Waals surface area contributed by atoms with E-state index in [-0.39, 0.29) is 11.9 Å². The van der Waals surface area contributed by atoms with Crippen LogP contribution in [0.4, 0.5) is 0 Å². The molecule has 1 aromatic heterocycles. The molecule has 3 rings (SSSR count). The Kier molecular flexibility index (Phi) is 4.29. The van der Waals surface area contributed by atoms with Gasteiger partial charge in [0, 0.05) is 17.7 Å². The molecule has 2 atom stereocenters. The monoisotopic (exact) mass is 349 g/mol. The maximum atomic E-state index is 12.9. The summed E-state index contributed by atoms with van der Waals surface area (Å²) in [6, 6.07) is 10.8. The summed E-state index contributed by atoms with van der Waals surface area (Å²) >= 11 is 1.25. The minimum Gasteiger partial charge on any atom is -0.332 e. The van der Waals surface area contributed by atoms with E-state index in [9.17, 15) is 13.2 Å². The molecule has 0 aliphatic carbocycles. The normalized spacial score (nSPS) is 22.3. The maximum absolute atomic E-state index is 12.9. The molecule has 0 bridgehead atoms. The molecule has 0 unspecified atom stereocenters. The number of thiophene rings is 1. The molecule has 23 heavy (non-hydrogen) atoms. The second-order valence-electron chi connectivity index (χ2n) is 5.73. The molecular weight excluding hydrogens is 330 g/mol. The van der Waals surface area contributed by atoms with E-state index < -0.39 is 15.1 Å². The van der Waals surface area contributed by atoms with Crippen LogP contribution in [-0.4, -0.2) is 31.0 Å². The summed E-state index contributed by atoms with van der Waals surface area (Å²) in [5.74, 6) is -0.0539. The summed E-state index contributed by atoms with van der Waals surface area (Å²) in [7, 11) is -3.26. The van der Waals surface area contributed by atoms with Crippen LogP contribution in [-0.2, 0) is 9.84 Å². The second kappa shape index (κ2) is 6.09. The zero-order valence-corrected chi connectivity index (χ0v) is 14.7. The Morgan fingerprint density at radius 2 is 1.96 bits per heavy atom. The summed E-state index contributed by atoms with van der Waals surface area (Å²) in [5, 5.41) is 1.32. The van der Waals surface area contributed by atoms with Crippen LogP contribution in [0.25, 0.3) is 0 Å². The van der Waals surface area contributed by atoms with Gasteiger partial charge in [0.05, 0.1) is 11.3 Å². The van der Waals surface area contributed by atoms with Crippen LogP contribution in [0, 0.1) is 0 Å². The van der Waals surface area contributed by atoms with Crippen molar-refractivity contribution in [1.29, 1.82) is 0 Å². The van der Waals surface area contributed by atoms with E-state index in [4.69, 9.17) is 0 Å². The van der Waals surface area contributed by atoms with Crippen molar-refractivity contribution in [2.75, 3.05) is 6.54 Å². The maximum Gasteiger partial charge on any atom is 0.254 e. The predicted molar refractivity (Wildman–Crippen MR) is 91.5 cm³/mol. The molecule has 1 aliphatic rings. The molecule has 0 radical (unpaired) electrons. The third kappa shape index (κ3) is 2.70. The van der Waals surface area contributed by atoms with Crippen molar-refractivity contribution in [2.24, 2.45) is 0 Å². The number of sulfone groups is 1. The van der Waals surface area contributed by atoms with Gasteiger partial charge in [-0.15, -0.1) is 11.3 Å². The van der Waals surface area contributed by atoms with Gasteiger partial charge in [0.15, 0.2) is 9.84 Å². The molecular formula is C17H19NO3S2. The smallest absolute Gasteiger partial charge is 0.254 e. The topological polar surface area (TPSA) is 54.5 Å². The zero-order valence-electron chi connectivity index (χ0n) is 13.1.